The molecule has 0 aliphatic rings. The number of nitrogens with zero attached hydrogens (tertiary/aromatic N) is 1. The minimum Gasteiger partial charge on any atom is -0.496 e. The van der Waals surface area contributed by atoms with Crippen LogP contribution >= 0.6 is 0 Å². The highest BCUT2D eigenvalue weighted by atomic mass is 16.6. The molecule has 118 valence electrons. The monoisotopic (exact) mass is 313 g/mol. The van der Waals surface area contributed by atoms with Gasteiger partial charge in [0.2, 0.25) is 0 Å². The van der Waals surface area contributed by atoms with Crippen LogP contribution in [0, 0.1) is 10.1 Å². The zero-order valence-corrected chi connectivity index (χ0v) is 12.7. The van der Waals surface area contributed by atoms with Crippen molar-refractivity contribution in [2.24, 2.45) is 0 Å². The first-order chi connectivity index (χ1) is 11.1. The molecule has 0 atom stereocenters. The standard InChI is InChI=1S/C17H15NO5/c1-22-15-8-5-9-16(23-2)17(15)14(19)11-10-12-6-3-4-7-13(12)18(20)21/h3-11H,1-2H3. The van der Waals surface area contributed by atoms with Gasteiger partial charge in [-0.05, 0) is 30.4 Å². The summed E-state index contributed by atoms with van der Waals surface area (Å²) in [6, 6.07) is 11.2. The van der Waals surface area contributed by atoms with Gasteiger partial charge in [-0.15, -0.1) is 0 Å². The molecule has 0 heterocycles. The second-order valence-corrected chi connectivity index (χ2v) is 4.55. The Hall–Kier alpha value is -3.15. The molecule has 0 amide bonds. The molecule has 0 saturated carbocycles. The van der Waals surface area contributed by atoms with Crippen molar-refractivity contribution in [1.29, 1.82) is 0 Å². The molecular formula is C17H15NO5. The Labute approximate surface area is 133 Å². The Kier molecular flexibility index (Phi) is 5.09. The number of ether oxygens (including phenoxy) is 2. The molecular weight excluding hydrogens is 298 g/mol. The van der Waals surface area contributed by atoms with Crippen molar-refractivity contribution in [3.8, 4) is 11.5 Å². The van der Waals surface area contributed by atoms with Crippen molar-refractivity contribution in [3.05, 3.63) is 69.8 Å². The van der Waals surface area contributed by atoms with Crippen LogP contribution in [0.1, 0.15) is 15.9 Å². The van der Waals surface area contributed by atoms with Crippen molar-refractivity contribution in [2.45, 2.75) is 0 Å². The normalized spacial score (nSPS) is 10.5. The number of nitro groups is 1. The van der Waals surface area contributed by atoms with Crippen LogP contribution in [0.15, 0.2) is 48.5 Å². The average Bonchev–Trinajstić information content (AvgIpc) is 2.58. The third-order valence-electron chi connectivity index (χ3n) is 3.22. The van der Waals surface area contributed by atoms with Crippen molar-refractivity contribution < 1.29 is 19.2 Å². The second kappa shape index (κ2) is 7.22. The quantitative estimate of drug-likeness (QED) is 0.353. The van der Waals surface area contributed by atoms with Gasteiger partial charge in [0.25, 0.3) is 5.69 Å². The lowest BCUT2D eigenvalue weighted by molar-refractivity contribution is -0.385. The molecule has 0 aromatic heterocycles. The third kappa shape index (κ3) is 3.55. The van der Waals surface area contributed by atoms with E-state index in [2.05, 4.69) is 0 Å². The summed E-state index contributed by atoms with van der Waals surface area (Å²) >= 11 is 0. The largest absolute Gasteiger partial charge is 0.496 e. The number of nitro benzene ring substituents is 1. The Morgan fingerprint density at radius 3 is 2.22 bits per heavy atom. The molecule has 0 bridgehead atoms. The summed E-state index contributed by atoms with van der Waals surface area (Å²) in [6.07, 6.45) is 2.68. The maximum Gasteiger partial charge on any atom is 0.276 e. The van der Waals surface area contributed by atoms with Crippen LogP contribution in [-0.4, -0.2) is 24.9 Å². The minimum atomic E-state index is -0.492. The molecule has 0 aliphatic heterocycles. The minimum absolute atomic E-state index is 0.0662. The molecule has 0 N–H and O–H groups in total. The average molecular weight is 313 g/mol. The first-order valence-electron chi connectivity index (χ1n) is 6.75. The molecule has 0 spiro atoms. The van der Waals surface area contributed by atoms with Crippen LogP contribution in [0.25, 0.3) is 6.08 Å². The number of methoxy groups -OCH3 is 2. The highest BCUT2D eigenvalue weighted by Gasteiger charge is 2.16. The summed E-state index contributed by atoms with van der Waals surface area (Å²) in [5.74, 6) is 0.389. The molecule has 0 saturated heterocycles. The van der Waals surface area contributed by atoms with Gasteiger partial charge in [0.1, 0.15) is 17.1 Å². The number of para-hydroxylation sites is 1. The van der Waals surface area contributed by atoms with Gasteiger partial charge in [0.15, 0.2) is 5.78 Å². The third-order valence-corrected chi connectivity index (χ3v) is 3.22. The van der Waals surface area contributed by atoms with Crippen LogP contribution in [0.2, 0.25) is 0 Å². The van der Waals surface area contributed by atoms with Crippen molar-refractivity contribution in [1.82, 2.24) is 0 Å². The van der Waals surface area contributed by atoms with Gasteiger partial charge in [-0.2, -0.15) is 0 Å². The SMILES string of the molecule is COc1cccc(OC)c1C(=O)C=Cc1ccccc1[N+](=O)[O-]. The van der Waals surface area contributed by atoms with E-state index in [9.17, 15) is 14.9 Å². The summed E-state index contributed by atoms with van der Waals surface area (Å²) < 4.78 is 10.4. The van der Waals surface area contributed by atoms with Gasteiger partial charge in [-0.25, -0.2) is 0 Å². The summed E-state index contributed by atoms with van der Waals surface area (Å²) in [7, 11) is 2.91. The van der Waals surface area contributed by atoms with Gasteiger partial charge < -0.3 is 9.47 Å². The highest BCUT2D eigenvalue weighted by Crippen LogP contribution is 2.29. The van der Waals surface area contributed by atoms with Crippen LogP contribution in [0.5, 0.6) is 11.5 Å². The van der Waals surface area contributed by atoms with Gasteiger partial charge in [-0.1, -0.05) is 18.2 Å². The van der Waals surface area contributed by atoms with Crippen LogP contribution in [-0.2, 0) is 0 Å². The number of ketones is 1. The fraction of sp³-hybridized carbons (Fsp3) is 0.118. The summed E-state index contributed by atoms with van der Waals surface area (Å²) in [6.45, 7) is 0. The number of allylic oxidation sites excluding steroid dienone is 1. The van der Waals surface area contributed by atoms with E-state index < -0.39 is 4.92 Å². The summed E-state index contributed by atoms with van der Waals surface area (Å²) in [4.78, 5) is 22.9. The Balaban J connectivity index is 2.39. The molecule has 0 fully saturated rings. The van der Waals surface area contributed by atoms with E-state index >= 15 is 0 Å². The predicted octanol–water partition coefficient (Wildman–Crippen LogP) is 3.51. The topological polar surface area (TPSA) is 78.7 Å². The Morgan fingerprint density at radius 2 is 1.65 bits per heavy atom. The fourth-order valence-corrected chi connectivity index (χ4v) is 2.14. The van der Waals surface area contributed by atoms with Crippen molar-refractivity contribution in [3.63, 3.8) is 0 Å². The number of benzene rings is 2. The molecule has 2 aromatic rings. The number of hydrogen-bond acceptors (Lipinski definition) is 5. The maximum absolute atomic E-state index is 12.4. The molecule has 6 heteroatoms. The molecule has 6 nitrogen and oxygen atoms in total. The number of carbonyl (C=O) groups is 1. The highest BCUT2D eigenvalue weighted by molar-refractivity contribution is 6.10. The first-order valence-corrected chi connectivity index (χ1v) is 6.75. The Morgan fingerprint density at radius 1 is 1.04 bits per heavy atom. The second-order valence-electron chi connectivity index (χ2n) is 4.55. The molecule has 2 aromatic carbocycles. The van der Waals surface area contributed by atoms with E-state index in [1.165, 1.54) is 32.4 Å². The molecule has 2 rings (SSSR count). The zero-order chi connectivity index (χ0) is 16.8. The first kappa shape index (κ1) is 16.2. The van der Waals surface area contributed by atoms with E-state index in [0.29, 0.717) is 17.1 Å². The predicted molar refractivity (Wildman–Crippen MR) is 86.0 cm³/mol. The van der Waals surface area contributed by atoms with E-state index in [0.717, 1.165) is 0 Å². The van der Waals surface area contributed by atoms with Crippen LogP contribution in [0.4, 0.5) is 5.69 Å². The maximum atomic E-state index is 12.4. The van der Waals surface area contributed by atoms with Crippen molar-refractivity contribution >= 4 is 17.5 Å². The van der Waals surface area contributed by atoms with Gasteiger partial charge in [0.05, 0.1) is 24.7 Å². The number of hydrogen-bond donors (Lipinski definition) is 0. The molecule has 0 aliphatic carbocycles. The Bertz CT molecular complexity index is 745. The van der Waals surface area contributed by atoms with Crippen LogP contribution in [0.3, 0.4) is 0 Å². The zero-order valence-electron chi connectivity index (χ0n) is 12.7. The van der Waals surface area contributed by atoms with Gasteiger partial charge >= 0.3 is 0 Å². The number of carbonyl (C=O) groups excluding carboxylic acids is 1. The summed E-state index contributed by atoms with van der Waals surface area (Å²) in [5.41, 5.74) is 0.551. The molecule has 23 heavy (non-hydrogen) atoms. The summed E-state index contributed by atoms with van der Waals surface area (Å²) in [5, 5.41) is 11.0. The molecule has 0 unspecified atom stereocenters. The van der Waals surface area contributed by atoms with E-state index in [1.807, 2.05) is 0 Å². The lowest BCUT2D eigenvalue weighted by Gasteiger charge is -2.10. The van der Waals surface area contributed by atoms with E-state index in [-0.39, 0.29) is 17.0 Å². The van der Waals surface area contributed by atoms with Gasteiger partial charge in [-0.3, -0.25) is 14.9 Å². The van der Waals surface area contributed by atoms with E-state index in [4.69, 9.17) is 9.47 Å². The van der Waals surface area contributed by atoms with Gasteiger partial charge in [0, 0.05) is 6.07 Å². The van der Waals surface area contributed by atoms with E-state index in [1.54, 1.807) is 36.4 Å². The number of rotatable bonds is 6. The molecule has 0 radical (unpaired) electrons. The lowest BCUT2D eigenvalue weighted by Crippen LogP contribution is -2.02. The smallest absolute Gasteiger partial charge is 0.276 e. The fourth-order valence-electron chi connectivity index (χ4n) is 2.14. The van der Waals surface area contributed by atoms with Crippen LogP contribution < -0.4 is 9.47 Å². The lowest BCUT2D eigenvalue weighted by atomic mass is 10.1. The van der Waals surface area contributed by atoms with Crippen molar-refractivity contribution in [2.75, 3.05) is 14.2 Å².